The number of nitrogens with one attached hydrogen (secondary N) is 1. The van der Waals surface area contributed by atoms with Crippen LogP contribution in [0.4, 0.5) is 0 Å². The van der Waals surface area contributed by atoms with Crippen LogP contribution in [0.1, 0.15) is 30.1 Å². The van der Waals surface area contributed by atoms with E-state index in [-0.39, 0.29) is 5.91 Å². The van der Waals surface area contributed by atoms with E-state index in [1.54, 1.807) is 6.07 Å². The fourth-order valence-electron chi connectivity index (χ4n) is 2.50. The van der Waals surface area contributed by atoms with Gasteiger partial charge < -0.3 is 5.32 Å². The molecule has 2 rings (SSSR count). The fraction of sp³-hybridized carbons (Fsp3) is 0.500. The summed E-state index contributed by atoms with van der Waals surface area (Å²) < 4.78 is 0. The number of carbonyl (C=O) groups excluding carboxylic acids is 1. The van der Waals surface area contributed by atoms with Crippen LogP contribution in [0.2, 0.25) is 0 Å². The van der Waals surface area contributed by atoms with Crippen molar-refractivity contribution < 1.29 is 4.79 Å². The summed E-state index contributed by atoms with van der Waals surface area (Å²) >= 11 is 4.25. The van der Waals surface area contributed by atoms with Crippen LogP contribution >= 0.6 is 12.6 Å². The maximum absolute atomic E-state index is 12.0. The van der Waals surface area contributed by atoms with Crippen molar-refractivity contribution in [1.29, 1.82) is 0 Å². The predicted molar refractivity (Wildman–Crippen MR) is 76.3 cm³/mol. The normalized spacial score (nSPS) is 20.0. The van der Waals surface area contributed by atoms with Gasteiger partial charge in [-0.05, 0) is 44.1 Å². The van der Waals surface area contributed by atoms with E-state index in [0.29, 0.717) is 11.6 Å². The van der Waals surface area contributed by atoms with Gasteiger partial charge in [-0.2, -0.15) is 0 Å². The summed E-state index contributed by atoms with van der Waals surface area (Å²) in [5.74, 6) is -0.00569. The molecule has 1 aliphatic heterocycles. The highest BCUT2D eigenvalue weighted by Gasteiger charge is 2.23. The lowest BCUT2D eigenvalue weighted by Crippen LogP contribution is -2.40. The molecule has 0 aliphatic carbocycles. The van der Waals surface area contributed by atoms with Crippen LogP contribution in [0.15, 0.2) is 29.2 Å². The number of likely N-dealkylation sites (N-methyl/N-ethyl adjacent to an activating group) is 1. The summed E-state index contributed by atoms with van der Waals surface area (Å²) in [5.41, 5.74) is 0.684. The average molecular weight is 264 g/mol. The Morgan fingerprint density at radius 2 is 2.39 bits per heavy atom. The molecule has 1 saturated heterocycles. The Balaban J connectivity index is 1.88. The minimum absolute atomic E-state index is 0.00569. The molecule has 1 aliphatic rings. The van der Waals surface area contributed by atoms with Crippen molar-refractivity contribution >= 4 is 18.5 Å². The van der Waals surface area contributed by atoms with Crippen molar-refractivity contribution in [2.45, 2.75) is 30.7 Å². The first-order chi connectivity index (χ1) is 8.70. The number of benzene rings is 1. The van der Waals surface area contributed by atoms with Gasteiger partial charge in [0.2, 0.25) is 0 Å². The van der Waals surface area contributed by atoms with Gasteiger partial charge in [0.25, 0.3) is 5.91 Å². The third-order valence-corrected chi connectivity index (χ3v) is 3.79. The second-order valence-corrected chi connectivity index (χ2v) is 5.20. The van der Waals surface area contributed by atoms with Crippen LogP contribution in [0.25, 0.3) is 0 Å². The first kappa shape index (κ1) is 13.4. The van der Waals surface area contributed by atoms with Crippen molar-refractivity contribution in [3.8, 4) is 0 Å². The molecule has 18 heavy (non-hydrogen) atoms. The molecule has 1 amide bonds. The van der Waals surface area contributed by atoms with E-state index in [2.05, 4.69) is 29.8 Å². The summed E-state index contributed by atoms with van der Waals surface area (Å²) in [6, 6.07) is 7.84. The molecule has 0 radical (unpaired) electrons. The molecule has 1 heterocycles. The van der Waals surface area contributed by atoms with Crippen molar-refractivity contribution in [2.75, 3.05) is 19.6 Å². The van der Waals surface area contributed by atoms with Crippen molar-refractivity contribution in [1.82, 2.24) is 10.2 Å². The van der Waals surface area contributed by atoms with Crippen LogP contribution < -0.4 is 5.32 Å². The van der Waals surface area contributed by atoms with Gasteiger partial charge in [-0.15, -0.1) is 12.6 Å². The Morgan fingerprint density at radius 3 is 3.11 bits per heavy atom. The van der Waals surface area contributed by atoms with Crippen molar-refractivity contribution in [2.24, 2.45) is 0 Å². The van der Waals surface area contributed by atoms with Crippen LogP contribution in [-0.2, 0) is 0 Å². The highest BCUT2D eigenvalue weighted by molar-refractivity contribution is 7.80. The van der Waals surface area contributed by atoms with Gasteiger partial charge >= 0.3 is 0 Å². The summed E-state index contributed by atoms with van der Waals surface area (Å²) in [6.07, 6.45) is 2.42. The molecule has 1 fully saturated rings. The number of likely N-dealkylation sites (tertiary alicyclic amines) is 1. The third-order valence-electron chi connectivity index (χ3n) is 3.51. The molecule has 98 valence electrons. The Kier molecular flexibility index (Phi) is 4.66. The van der Waals surface area contributed by atoms with Gasteiger partial charge in [-0.1, -0.05) is 13.0 Å². The van der Waals surface area contributed by atoms with E-state index in [1.807, 2.05) is 18.2 Å². The first-order valence-corrected chi connectivity index (χ1v) is 6.96. The Hall–Kier alpha value is -1.00. The average Bonchev–Trinajstić information content (AvgIpc) is 2.83. The van der Waals surface area contributed by atoms with Gasteiger partial charge in [0.05, 0.1) is 0 Å². The fourth-order valence-corrected chi connectivity index (χ4v) is 2.73. The Bertz CT molecular complexity index is 422. The van der Waals surface area contributed by atoms with E-state index < -0.39 is 0 Å². The standard InChI is InChI=1S/C14H20N2OS/c1-2-16-8-4-6-12(16)10-15-14(17)11-5-3-7-13(18)9-11/h3,5,7,9,12,18H,2,4,6,8,10H2,1H3,(H,15,17). The van der Waals surface area contributed by atoms with Gasteiger partial charge in [0.15, 0.2) is 0 Å². The molecule has 1 aromatic carbocycles. The van der Waals surface area contributed by atoms with Gasteiger partial charge in [0.1, 0.15) is 0 Å². The predicted octanol–water partition coefficient (Wildman–Crippen LogP) is 2.19. The molecule has 1 unspecified atom stereocenters. The monoisotopic (exact) mass is 264 g/mol. The van der Waals surface area contributed by atoms with Crippen LogP contribution in [-0.4, -0.2) is 36.5 Å². The number of hydrogen-bond donors (Lipinski definition) is 2. The molecule has 3 nitrogen and oxygen atoms in total. The van der Waals surface area contributed by atoms with E-state index >= 15 is 0 Å². The maximum atomic E-state index is 12.0. The topological polar surface area (TPSA) is 32.3 Å². The molecule has 0 aromatic heterocycles. The lowest BCUT2D eigenvalue weighted by atomic mass is 10.2. The summed E-state index contributed by atoms with van der Waals surface area (Å²) in [5, 5.41) is 3.02. The summed E-state index contributed by atoms with van der Waals surface area (Å²) in [6.45, 7) is 5.13. The van der Waals surface area contributed by atoms with E-state index in [0.717, 1.165) is 24.5 Å². The molecular formula is C14H20N2OS. The zero-order valence-corrected chi connectivity index (χ0v) is 11.6. The smallest absolute Gasteiger partial charge is 0.251 e. The van der Waals surface area contributed by atoms with Gasteiger partial charge in [0, 0.05) is 23.0 Å². The quantitative estimate of drug-likeness (QED) is 0.817. The molecule has 1 N–H and O–H groups in total. The lowest BCUT2D eigenvalue weighted by molar-refractivity contribution is 0.0941. The van der Waals surface area contributed by atoms with E-state index in [1.165, 1.54) is 12.8 Å². The van der Waals surface area contributed by atoms with Crippen LogP contribution in [0.3, 0.4) is 0 Å². The van der Waals surface area contributed by atoms with Crippen LogP contribution in [0, 0.1) is 0 Å². The second kappa shape index (κ2) is 6.25. The number of thiol groups is 1. The summed E-state index contributed by atoms with van der Waals surface area (Å²) in [4.78, 5) is 15.2. The van der Waals surface area contributed by atoms with Gasteiger partial charge in [-0.25, -0.2) is 0 Å². The minimum atomic E-state index is -0.00569. The molecule has 1 aromatic rings. The largest absolute Gasteiger partial charge is 0.350 e. The molecule has 4 heteroatoms. The molecule has 0 bridgehead atoms. The molecule has 0 saturated carbocycles. The SMILES string of the molecule is CCN1CCCC1CNC(=O)c1cccc(S)c1. The van der Waals surface area contributed by atoms with Crippen molar-refractivity contribution in [3.63, 3.8) is 0 Å². The van der Waals surface area contributed by atoms with Crippen LogP contribution in [0.5, 0.6) is 0 Å². The third kappa shape index (κ3) is 3.27. The lowest BCUT2D eigenvalue weighted by Gasteiger charge is -2.22. The molecule has 1 atom stereocenters. The number of nitrogens with zero attached hydrogens (tertiary/aromatic N) is 1. The highest BCUT2D eigenvalue weighted by atomic mass is 32.1. The van der Waals surface area contributed by atoms with E-state index in [4.69, 9.17) is 0 Å². The number of carbonyl (C=O) groups is 1. The number of hydrogen-bond acceptors (Lipinski definition) is 3. The maximum Gasteiger partial charge on any atom is 0.251 e. The van der Waals surface area contributed by atoms with E-state index in [9.17, 15) is 4.79 Å². The molecule has 0 spiro atoms. The zero-order chi connectivity index (χ0) is 13.0. The number of rotatable bonds is 4. The summed E-state index contributed by atoms with van der Waals surface area (Å²) in [7, 11) is 0. The Morgan fingerprint density at radius 1 is 1.56 bits per heavy atom. The minimum Gasteiger partial charge on any atom is -0.350 e. The first-order valence-electron chi connectivity index (χ1n) is 6.52. The highest BCUT2D eigenvalue weighted by Crippen LogP contribution is 2.16. The number of amides is 1. The Labute approximate surface area is 114 Å². The molecular weight excluding hydrogens is 244 g/mol. The second-order valence-electron chi connectivity index (χ2n) is 4.68. The van der Waals surface area contributed by atoms with Crippen molar-refractivity contribution in [3.05, 3.63) is 29.8 Å². The van der Waals surface area contributed by atoms with Gasteiger partial charge in [-0.3, -0.25) is 9.69 Å². The zero-order valence-electron chi connectivity index (χ0n) is 10.7.